The Labute approximate surface area is 176 Å². The molecular weight excluding hydrogens is 434 g/mol. The number of nitrogens with zero attached hydrogens (tertiary/aromatic N) is 2. The van der Waals surface area contributed by atoms with Crippen LogP contribution in [0, 0.1) is 5.82 Å². The first-order valence-electron chi connectivity index (χ1n) is 9.69. The number of aromatic nitrogens is 2. The number of benzene rings is 2. The van der Waals surface area contributed by atoms with Crippen molar-refractivity contribution in [1.29, 1.82) is 0 Å². The largest absolute Gasteiger partial charge is 0.419 e. The molecule has 2 aromatic carbocycles. The minimum absolute atomic E-state index is 0.0639. The van der Waals surface area contributed by atoms with E-state index in [0.29, 0.717) is 17.7 Å². The molecule has 0 spiro atoms. The van der Waals surface area contributed by atoms with Crippen molar-refractivity contribution in [2.45, 2.75) is 42.8 Å². The molecule has 5 nitrogen and oxygen atoms in total. The van der Waals surface area contributed by atoms with Gasteiger partial charge in [0.1, 0.15) is 16.4 Å². The van der Waals surface area contributed by atoms with E-state index in [9.17, 15) is 26.0 Å². The molecule has 1 saturated carbocycles. The van der Waals surface area contributed by atoms with E-state index in [1.807, 2.05) is 0 Å². The van der Waals surface area contributed by atoms with E-state index in [-0.39, 0.29) is 22.3 Å². The maximum Gasteiger partial charge on any atom is 0.419 e. The molecule has 4 rings (SSSR count). The zero-order chi connectivity index (χ0) is 22.2. The van der Waals surface area contributed by atoms with Crippen LogP contribution in [-0.2, 0) is 16.2 Å². The van der Waals surface area contributed by atoms with Gasteiger partial charge in [-0.15, -0.1) is 0 Å². The van der Waals surface area contributed by atoms with Crippen molar-refractivity contribution in [3.05, 3.63) is 66.1 Å². The van der Waals surface area contributed by atoms with Gasteiger partial charge in [-0.3, -0.25) is 9.40 Å². The molecule has 164 valence electrons. The van der Waals surface area contributed by atoms with Gasteiger partial charge in [-0.25, -0.2) is 12.8 Å². The zero-order valence-corrected chi connectivity index (χ0v) is 17.0. The molecule has 1 aliphatic rings. The topological polar surface area (TPSA) is 64.0 Å². The van der Waals surface area contributed by atoms with Crippen molar-refractivity contribution >= 4 is 15.7 Å². The van der Waals surface area contributed by atoms with E-state index in [1.54, 1.807) is 35.0 Å². The summed E-state index contributed by atoms with van der Waals surface area (Å²) in [4.78, 5) is -0.150. The van der Waals surface area contributed by atoms with Crippen LogP contribution in [-0.4, -0.2) is 18.2 Å². The van der Waals surface area contributed by atoms with Gasteiger partial charge in [-0.1, -0.05) is 43.2 Å². The van der Waals surface area contributed by atoms with Crippen LogP contribution in [0.2, 0.25) is 0 Å². The van der Waals surface area contributed by atoms with E-state index in [4.69, 9.17) is 0 Å². The summed E-state index contributed by atoms with van der Waals surface area (Å²) >= 11 is 0. The fourth-order valence-electron chi connectivity index (χ4n) is 3.74. The van der Waals surface area contributed by atoms with Crippen molar-refractivity contribution < 1.29 is 26.0 Å². The van der Waals surface area contributed by atoms with Crippen molar-refractivity contribution in [1.82, 2.24) is 9.78 Å². The monoisotopic (exact) mass is 453 g/mol. The SMILES string of the molecule is O=S(=O)(Nc1ccc(F)c(C(F)(F)F)c1)c1cn(C2CCCC2)nc1-c1ccccc1. The number of sulfonamides is 1. The first-order valence-corrected chi connectivity index (χ1v) is 11.2. The molecule has 1 aromatic heterocycles. The van der Waals surface area contributed by atoms with Gasteiger partial charge in [0.2, 0.25) is 0 Å². The van der Waals surface area contributed by atoms with Crippen LogP contribution in [0.4, 0.5) is 23.2 Å². The van der Waals surface area contributed by atoms with Crippen LogP contribution in [0.15, 0.2) is 59.6 Å². The fourth-order valence-corrected chi connectivity index (χ4v) is 4.95. The first-order chi connectivity index (χ1) is 14.6. The van der Waals surface area contributed by atoms with E-state index in [2.05, 4.69) is 9.82 Å². The third-order valence-corrected chi connectivity index (χ3v) is 6.64. The second-order valence-corrected chi connectivity index (χ2v) is 9.07. The Kier molecular flexibility index (Phi) is 5.50. The third-order valence-electron chi connectivity index (χ3n) is 5.26. The lowest BCUT2D eigenvalue weighted by atomic mass is 10.2. The number of hydrogen-bond donors (Lipinski definition) is 1. The molecule has 0 unspecified atom stereocenters. The summed E-state index contributed by atoms with van der Waals surface area (Å²) in [5.41, 5.74) is -1.16. The van der Waals surface area contributed by atoms with E-state index >= 15 is 0 Å². The molecule has 1 aliphatic carbocycles. The average Bonchev–Trinajstić information content (AvgIpc) is 3.39. The second-order valence-electron chi connectivity index (χ2n) is 7.42. The Balaban J connectivity index is 1.75. The molecule has 0 aliphatic heterocycles. The lowest BCUT2D eigenvalue weighted by Crippen LogP contribution is -2.15. The molecule has 0 radical (unpaired) electrons. The number of alkyl halides is 3. The zero-order valence-electron chi connectivity index (χ0n) is 16.2. The smallest absolute Gasteiger partial charge is 0.279 e. The molecule has 10 heteroatoms. The summed E-state index contributed by atoms with van der Waals surface area (Å²) in [7, 11) is -4.30. The lowest BCUT2D eigenvalue weighted by Gasteiger charge is -2.12. The Hall–Kier alpha value is -2.88. The fraction of sp³-hybridized carbons (Fsp3) is 0.286. The molecule has 0 atom stereocenters. The summed E-state index contributed by atoms with van der Waals surface area (Å²) in [6.45, 7) is 0. The molecule has 1 N–H and O–H groups in total. The van der Waals surface area contributed by atoms with Gasteiger partial charge >= 0.3 is 6.18 Å². The van der Waals surface area contributed by atoms with Crippen molar-refractivity contribution in [2.75, 3.05) is 4.72 Å². The Morgan fingerprint density at radius 1 is 1.03 bits per heavy atom. The highest BCUT2D eigenvalue weighted by Gasteiger charge is 2.35. The summed E-state index contributed by atoms with van der Waals surface area (Å²) in [5, 5.41) is 4.50. The number of hydrogen-bond acceptors (Lipinski definition) is 3. The average molecular weight is 453 g/mol. The molecule has 0 bridgehead atoms. The lowest BCUT2D eigenvalue weighted by molar-refractivity contribution is -0.139. The minimum Gasteiger partial charge on any atom is -0.279 e. The van der Waals surface area contributed by atoms with Crippen molar-refractivity contribution in [3.8, 4) is 11.3 Å². The van der Waals surface area contributed by atoms with E-state index < -0.39 is 27.6 Å². The van der Waals surface area contributed by atoms with Gasteiger partial charge in [-0.2, -0.15) is 18.3 Å². The normalized spacial score (nSPS) is 15.4. The Morgan fingerprint density at radius 3 is 2.35 bits per heavy atom. The first kappa shape index (κ1) is 21.4. The summed E-state index contributed by atoms with van der Waals surface area (Å²) in [6, 6.07) is 10.7. The van der Waals surface area contributed by atoms with Crippen LogP contribution < -0.4 is 4.72 Å². The van der Waals surface area contributed by atoms with Crippen LogP contribution in [0.3, 0.4) is 0 Å². The molecule has 1 fully saturated rings. The highest BCUT2D eigenvalue weighted by atomic mass is 32.2. The minimum atomic E-state index is -4.95. The molecule has 1 heterocycles. The van der Waals surface area contributed by atoms with Crippen LogP contribution >= 0.6 is 0 Å². The highest BCUT2D eigenvalue weighted by Crippen LogP contribution is 2.36. The Bertz CT molecular complexity index is 1190. The maximum absolute atomic E-state index is 13.6. The molecular formula is C21H19F4N3O2S. The molecule has 3 aromatic rings. The van der Waals surface area contributed by atoms with Gasteiger partial charge in [0, 0.05) is 17.4 Å². The van der Waals surface area contributed by atoms with Gasteiger partial charge < -0.3 is 0 Å². The van der Waals surface area contributed by atoms with E-state index in [1.165, 1.54) is 6.20 Å². The van der Waals surface area contributed by atoms with E-state index in [0.717, 1.165) is 31.7 Å². The van der Waals surface area contributed by atoms with Crippen LogP contribution in [0.5, 0.6) is 0 Å². The molecule has 0 saturated heterocycles. The molecule has 31 heavy (non-hydrogen) atoms. The van der Waals surface area contributed by atoms with Crippen LogP contribution in [0.1, 0.15) is 37.3 Å². The predicted molar refractivity (Wildman–Crippen MR) is 107 cm³/mol. The van der Waals surface area contributed by atoms with Crippen molar-refractivity contribution in [3.63, 3.8) is 0 Å². The number of rotatable bonds is 5. The van der Waals surface area contributed by atoms with Gasteiger partial charge in [0.15, 0.2) is 0 Å². The maximum atomic E-state index is 13.6. The highest BCUT2D eigenvalue weighted by molar-refractivity contribution is 7.92. The number of halogens is 4. The van der Waals surface area contributed by atoms with Gasteiger partial charge in [-0.05, 0) is 31.0 Å². The van der Waals surface area contributed by atoms with Crippen LogP contribution in [0.25, 0.3) is 11.3 Å². The predicted octanol–water partition coefficient (Wildman–Crippen LogP) is 5.62. The summed E-state index contributed by atoms with van der Waals surface area (Å²) in [5.74, 6) is -1.48. The van der Waals surface area contributed by atoms with Gasteiger partial charge in [0.05, 0.1) is 11.6 Å². The third kappa shape index (κ3) is 4.43. The summed E-state index contributed by atoms with van der Waals surface area (Å²) in [6.07, 6.45) is 0.233. The number of anilines is 1. The van der Waals surface area contributed by atoms with Gasteiger partial charge in [0.25, 0.3) is 10.0 Å². The molecule has 0 amide bonds. The standard InChI is InChI=1S/C21H19F4N3O2S/c22-18-11-10-15(12-17(18)21(23,24)25)27-31(29,30)19-13-28(16-8-4-5-9-16)26-20(19)14-6-2-1-3-7-14/h1-3,6-7,10-13,16,27H,4-5,8-9H2. The summed E-state index contributed by atoms with van der Waals surface area (Å²) < 4.78 is 82.6. The quantitative estimate of drug-likeness (QED) is 0.510. The second kappa shape index (κ2) is 7.99. The Morgan fingerprint density at radius 2 is 1.71 bits per heavy atom. The van der Waals surface area contributed by atoms with Crippen molar-refractivity contribution in [2.24, 2.45) is 0 Å². The number of nitrogens with one attached hydrogen (secondary N) is 1.